The number of benzene rings is 1. The third-order valence-corrected chi connectivity index (χ3v) is 6.61. The van der Waals surface area contributed by atoms with Gasteiger partial charge >= 0.3 is 0 Å². The molecule has 3 nitrogen and oxygen atoms in total. The molecule has 0 aromatic heterocycles. The van der Waals surface area contributed by atoms with E-state index in [1.807, 2.05) is 12.1 Å². The zero-order chi connectivity index (χ0) is 14.6. The van der Waals surface area contributed by atoms with Gasteiger partial charge in [0.25, 0.3) is 0 Å². The van der Waals surface area contributed by atoms with E-state index in [0.717, 1.165) is 24.7 Å². The molecule has 3 aliphatic carbocycles. The van der Waals surface area contributed by atoms with Crippen molar-refractivity contribution in [2.45, 2.75) is 51.4 Å². The van der Waals surface area contributed by atoms with Gasteiger partial charge in [-0.3, -0.25) is 0 Å². The van der Waals surface area contributed by atoms with Gasteiger partial charge in [-0.25, -0.2) is 0 Å². The van der Waals surface area contributed by atoms with Crippen molar-refractivity contribution in [3.05, 3.63) is 29.3 Å². The van der Waals surface area contributed by atoms with Crippen LogP contribution in [-0.2, 0) is 6.42 Å². The summed E-state index contributed by atoms with van der Waals surface area (Å²) in [6.07, 6.45) is 7.12. The number of aryl methyl sites for hydroxylation is 1. The highest BCUT2D eigenvalue weighted by Gasteiger charge is 2.53. The van der Waals surface area contributed by atoms with Crippen LogP contribution in [0, 0.1) is 17.3 Å². The highest BCUT2D eigenvalue weighted by molar-refractivity contribution is 5.92. The first-order valence-corrected chi connectivity index (χ1v) is 8.22. The molecule has 0 bridgehead atoms. The second kappa shape index (κ2) is 4.49. The number of aromatic hydroxyl groups is 1. The fourth-order valence-electron chi connectivity index (χ4n) is 5.57. The van der Waals surface area contributed by atoms with Crippen molar-refractivity contribution in [2.75, 3.05) is 0 Å². The van der Waals surface area contributed by atoms with Crippen molar-refractivity contribution in [1.29, 1.82) is 0 Å². The van der Waals surface area contributed by atoms with E-state index in [9.17, 15) is 5.11 Å². The molecule has 3 aliphatic rings. The summed E-state index contributed by atoms with van der Waals surface area (Å²) in [4.78, 5) is 0. The Labute approximate surface area is 126 Å². The number of nitrogens with zero attached hydrogens (tertiary/aromatic N) is 1. The van der Waals surface area contributed by atoms with Crippen LogP contribution in [0.4, 0.5) is 0 Å². The first kappa shape index (κ1) is 13.2. The van der Waals surface area contributed by atoms with E-state index in [2.05, 4.69) is 18.1 Å². The van der Waals surface area contributed by atoms with Crippen LogP contribution >= 0.6 is 0 Å². The van der Waals surface area contributed by atoms with Gasteiger partial charge < -0.3 is 10.9 Å². The van der Waals surface area contributed by atoms with Gasteiger partial charge in [-0.2, -0.15) is 5.10 Å². The number of hydrogen-bond donors (Lipinski definition) is 2. The molecule has 0 aliphatic heterocycles. The third kappa shape index (κ3) is 1.76. The minimum atomic E-state index is 0.240. The van der Waals surface area contributed by atoms with Crippen LogP contribution in [0.5, 0.6) is 5.75 Å². The molecule has 21 heavy (non-hydrogen) atoms. The maximum absolute atomic E-state index is 9.71. The van der Waals surface area contributed by atoms with E-state index in [4.69, 9.17) is 5.84 Å². The second-order valence-electron chi connectivity index (χ2n) is 7.37. The van der Waals surface area contributed by atoms with Gasteiger partial charge in [-0.1, -0.05) is 13.0 Å². The maximum Gasteiger partial charge on any atom is 0.115 e. The van der Waals surface area contributed by atoms with E-state index in [-0.39, 0.29) is 5.41 Å². The third-order valence-electron chi connectivity index (χ3n) is 6.61. The zero-order valence-electron chi connectivity index (χ0n) is 12.7. The lowest BCUT2D eigenvalue weighted by Crippen LogP contribution is -2.42. The first-order chi connectivity index (χ1) is 10.1. The number of phenols is 1. The summed E-state index contributed by atoms with van der Waals surface area (Å²) in [6, 6.07) is 5.99. The predicted molar refractivity (Wildman–Crippen MR) is 84.3 cm³/mol. The topological polar surface area (TPSA) is 58.6 Å². The Balaban J connectivity index is 1.72. The Hall–Kier alpha value is -1.51. The molecule has 4 rings (SSSR count). The highest BCUT2D eigenvalue weighted by atomic mass is 16.3. The van der Waals surface area contributed by atoms with E-state index in [1.165, 1.54) is 42.5 Å². The lowest BCUT2D eigenvalue weighted by Gasteiger charge is -2.49. The van der Waals surface area contributed by atoms with Crippen LogP contribution in [0.2, 0.25) is 0 Å². The molecule has 2 fully saturated rings. The smallest absolute Gasteiger partial charge is 0.115 e. The van der Waals surface area contributed by atoms with Crippen LogP contribution in [0.1, 0.15) is 56.1 Å². The first-order valence-electron chi connectivity index (χ1n) is 8.22. The summed E-state index contributed by atoms with van der Waals surface area (Å²) in [5.74, 6) is 8.23. The molecule has 1 aromatic rings. The Morgan fingerprint density at radius 3 is 2.90 bits per heavy atom. The number of rotatable bonds is 0. The summed E-state index contributed by atoms with van der Waals surface area (Å²) in [5, 5.41) is 13.8. The summed E-state index contributed by atoms with van der Waals surface area (Å²) in [5.41, 5.74) is 4.35. The average Bonchev–Trinajstić information content (AvgIpc) is 2.83. The van der Waals surface area contributed by atoms with Crippen molar-refractivity contribution >= 4 is 5.71 Å². The molecule has 4 unspecified atom stereocenters. The van der Waals surface area contributed by atoms with Crippen molar-refractivity contribution in [1.82, 2.24) is 0 Å². The van der Waals surface area contributed by atoms with Gasteiger partial charge in [0.1, 0.15) is 5.75 Å². The molecule has 1 aromatic carbocycles. The van der Waals surface area contributed by atoms with Crippen molar-refractivity contribution in [3.8, 4) is 5.75 Å². The Kier molecular flexibility index (Phi) is 2.82. The molecule has 0 radical (unpaired) electrons. The average molecular weight is 284 g/mol. The second-order valence-corrected chi connectivity index (χ2v) is 7.37. The number of hydrazone groups is 1. The molecule has 0 amide bonds. The number of fused-ring (bicyclic) bond motifs is 5. The van der Waals surface area contributed by atoms with Crippen LogP contribution in [0.15, 0.2) is 23.3 Å². The minimum Gasteiger partial charge on any atom is -0.508 e. The normalized spacial score (nSPS) is 39.7. The summed E-state index contributed by atoms with van der Waals surface area (Å²) in [7, 11) is 0. The molecular weight excluding hydrogens is 260 g/mol. The van der Waals surface area contributed by atoms with Crippen molar-refractivity contribution < 1.29 is 5.11 Å². The quantitative estimate of drug-likeness (QED) is 0.565. The number of phenolic OH excluding ortho intramolecular Hbond substituents is 1. The molecule has 0 spiro atoms. The molecule has 2 saturated carbocycles. The van der Waals surface area contributed by atoms with Gasteiger partial charge in [0.05, 0.1) is 0 Å². The molecule has 112 valence electrons. The standard InChI is InChI=1S/C18H24N2O/c1-18-9-8-14-13-5-3-12(21)10-11(13)2-4-15(14)16(18)6-7-17(18)20-19/h3,5,10,14-16,21H,2,4,6-9,19H2,1H3/b20-17-. The van der Waals surface area contributed by atoms with Gasteiger partial charge in [0.15, 0.2) is 0 Å². The monoisotopic (exact) mass is 284 g/mol. The fraction of sp³-hybridized carbons (Fsp3) is 0.611. The Morgan fingerprint density at radius 2 is 2.10 bits per heavy atom. The van der Waals surface area contributed by atoms with Gasteiger partial charge in [0.2, 0.25) is 0 Å². The molecule has 0 heterocycles. The molecule has 0 saturated heterocycles. The summed E-state index contributed by atoms with van der Waals surface area (Å²) >= 11 is 0. The summed E-state index contributed by atoms with van der Waals surface area (Å²) < 4.78 is 0. The van der Waals surface area contributed by atoms with Gasteiger partial charge in [-0.15, -0.1) is 0 Å². The molecule has 3 heteroatoms. The largest absolute Gasteiger partial charge is 0.508 e. The van der Waals surface area contributed by atoms with Crippen molar-refractivity contribution in [2.24, 2.45) is 28.2 Å². The predicted octanol–water partition coefficient (Wildman–Crippen LogP) is 3.56. The van der Waals surface area contributed by atoms with E-state index < -0.39 is 0 Å². The van der Waals surface area contributed by atoms with E-state index in [0.29, 0.717) is 11.7 Å². The fourth-order valence-corrected chi connectivity index (χ4v) is 5.57. The SMILES string of the molecule is CC12CCC3c4ccc(O)cc4CCC3C1CC/C2=N/N. The van der Waals surface area contributed by atoms with Crippen LogP contribution < -0.4 is 5.84 Å². The molecule has 4 atom stereocenters. The zero-order valence-corrected chi connectivity index (χ0v) is 12.7. The van der Waals surface area contributed by atoms with E-state index >= 15 is 0 Å². The highest BCUT2D eigenvalue weighted by Crippen LogP contribution is 2.59. The van der Waals surface area contributed by atoms with Crippen molar-refractivity contribution in [3.63, 3.8) is 0 Å². The number of hydrogen-bond acceptors (Lipinski definition) is 3. The van der Waals surface area contributed by atoms with Crippen LogP contribution in [0.3, 0.4) is 0 Å². The summed E-state index contributed by atoms with van der Waals surface area (Å²) in [6.45, 7) is 2.39. The van der Waals surface area contributed by atoms with Crippen LogP contribution in [0.25, 0.3) is 0 Å². The lowest BCUT2D eigenvalue weighted by molar-refractivity contribution is 0.0955. The van der Waals surface area contributed by atoms with E-state index in [1.54, 1.807) is 0 Å². The Morgan fingerprint density at radius 1 is 1.24 bits per heavy atom. The maximum atomic E-state index is 9.71. The van der Waals surface area contributed by atoms with Gasteiger partial charge in [0, 0.05) is 11.1 Å². The lowest BCUT2D eigenvalue weighted by atomic mass is 9.55. The number of nitrogens with two attached hydrogens (primary N) is 1. The minimum absolute atomic E-state index is 0.240. The Bertz CT molecular complexity index is 609. The van der Waals surface area contributed by atoms with Gasteiger partial charge in [-0.05, 0) is 79.5 Å². The van der Waals surface area contributed by atoms with Crippen LogP contribution in [-0.4, -0.2) is 10.8 Å². The molecular formula is C18H24N2O. The molecule has 3 N–H and O–H groups in total.